The molecular weight excluding hydrogens is 268 g/mol. The van der Waals surface area contributed by atoms with Crippen molar-refractivity contribution in [1.29, 1.82) is 0 Å². The Bertz CT molecular complexity index is 431. The lowest BCUT2D eigenvalue weighted by Gasteiger charge is -2.38. The van der Waals surface area contributed by atoms with Crippen molar-refractivity contribution < 1.29 is 14.6 Å². The van der Waals surface area contributed by atoms with Crippen molar-refractivity contribution in [2.45, 2.75) is 24.9 Å². The molecule has 21 heavy (non-hydrogen) atoms. The second-order valence-corrected chi connectivity index (χ2v) is 5.60. The fraction of sp³-hybridized carbons (Fsp3) is 0.625. The topological polar surface area (TPSA) is 68.0 Å². The van der Waals surface area contributed by atoms with E-state index < -0.39 is 5.60 Å². The monoisotopic (exact) mass is 294 g/mol. The molecule has 2 rings (SSSR count). The fourth-order valence-corrected chi connectivity index (χ4v) is 2.73. The summed E-state index contributed by atoms with van der Waals surface area (Å²) in [7, 11) is 1.64. The number of piperidine rings is 1. The molecule has 118 valence electrons. The molecular formula is C16H26N2O3. The van der Waals surface area contributed by atoms with E-state index in [1.165, 1.54) is 0 Å². The zero-order chi connectivity index (χ0) is 15.1. The number of benzene rings is 1. The zero-order valence-corrected chi connectivity index (χ0v) is 12.8. The van der Waals surface area contributed by atoms with E-state index in [1.807, 2.05) is 24.3 Å². The summed E-state index contributed by atoms with van der Waals surface area (Å²) in [5, 5.41) is 10.3. The minimum Gasteiger partial charge on any atom is -0.493 e. The van der Waals surface area contributed by atoms with Crippen LogP contribution in [0.15, 0.2) is 24.3 Å². The van der Waals surface area contributed by atoms with Gasteiger partial charge in [0.2, 0.25) is 0 Å². The van der Waals surface area contributed by atoms with Crippen LogP contribution in [-0.4, -0.2) is 55.5 Å². The van der Waals surface area contributed by atoms with Gasteiger partial charge < -0.3 is 20.3 Å². The normalized spacial score (nSPS) is 18.4. The summed E-state index contributed by atoms with van der Waals surface area (Å²) < 4.78 is 11.0. The first-order valence-electron chi connectivity index (χ1n) is 7.57. The molecule has 0 atom stereocenters. The molecule has 1 saturated heterocycles. The standard InChI is InChI=1S/C16H26N2O3/c1-20-14-4-2-3-5-15(14)21-13-12-18-10-7-16(19,6-9-17)8-11-18/h2-5,19H,6-13,17H2,1H3. The van der Waals surface area contributed by atoms with E-state index in [0.29, 0.717) is 19.6 Å². The van der Waals surface area contributed by atoms with Crippen LogP contribution in [0.4, 0.5) is 0 Å². The Hall–Kier alpha value is -1.30. The molecule has 5 heteroatoms. The quantitative estimate of drug-likeness (QED) is 0.792. The number of nitrogens with zero attached hydrogens (tertiary/aromatic N) is 1. The van der Waals surface area contributed by atoms with Gasteiger partial charge in [-0.15, -0.1) is 0 Å². The molecule has 1 aromatic rings. The van der Waals surface area contributed by atoms with Crippen molar-refractivity contribution in [2.24, 2.45) is 5.73 Å². The number of rotatable bonds is 7. The van der Waals surface area contributed by atoms with Crippen LogP contribution in [-0.2, 0) is 0 Å². The van der Waals surface area contributed by atoms with Crippen molar-refractivity contribution in [1.82, 2.24) is 4.90 Å². The van der Waals surface area contributed by atoms with Crippen LogP contribution in [0.2, 0.25) is 0 Å². The smallest absolute Gasteiger partial charge is 0.161 e. The molecule has 0 saturated carbocycles. The van der Waals surface area contributed by atoms with Gasteiger partial charge in [0.05, 0.1) is 12.7 Å². The van der Waals surface area contributed by atoms with Gasteiger partial charge in [-0.2, -0.15) is 0 Å². The number of methoxy groups -OCH3 is 1. The Morgan fingerprint density at radius 1 is 1.24 bits per heavy atom. The van der Waals surface area contributed by atoms with Crippen LogP contribution in [0, 0.1) is 0 Å². The summed E-state index contributed by atoms with van der Waals surface area (Å²) >= 11 is 0. The lowest BCUT2D eigenvalue weighted by molar-refractivity contribution is -0.0274. The van der Waals surface area contributed by atoms with Gasteiger partial charge in [-0.3, -0.25) is 4.90 Å². The molecule has 1 aliphatic heterocycles. The maximum Gasteiger partial charge on any atom is 0.161 e. The number of hydrogen-bond acceptors (Lipinski definition) is 5. The first-order chi connectivity index (χ1) is 10.2. The van der Waals surface area contributed by atoms with Crippen LogP contribution < -0.4 is 15.2 Å². The molecule has 0 aliphatic carbocycles. The fourth-order valence-electron chi connectivity index (χ4n) is 2.73. The van der Waals surface area contributed by atoms with Gasteiger partial charge in [-0.25, -0.2) is 0 Å². The van der Waals surface area contributed by atoms with Crippen molar-refractivity contribution in [2.75, 3.05) is 39.9 Å². The van der Waals surface area contributed by atoms with Crippen molar-refractivity contribution in [3.8, 4) is 11.5 Å². The van der Waals surface area contributed by atoms with Crippen LogP contribution in [0.25, 0.3) is 0 Å². The largest absolute Gasteiger partial charge is 0.493 e. The average Bonchev–Trinajstić information content (AvgIpc) is 2.50. The van der Waals surface area contributed by atoms with Crippen LogP contribution in [0.5, 0.6) is 11.5 Å². The second kappa shape index (κ2) is 7.64. The number of nitrogens with two attached hydrogens (primary N) is 1. The minimum absolute atomic E-state index is 0.549. The first-order valence-corrected chi connectivity index (χ1v) is 7.57. The summed E-state index contributed by atoms with van der Waals surface area (Å²) in [5.74, 6) is 1.53. The van der Waals surface area contributed by atoms with Crippen LogP contribution in [0.1, 0.15) is 19.3 Å². The molecule has 3 N–H and O–H groups in total. The molecule has 1 aromatic carbocycles. The highest BCUT2D eigenvalue weighted by molar-refractivity contribution is 5.39. The van der Waals surface area contributed by atoms with Crippen molar-refractivity contribution in [3.05, 3.63) is 24.3 Å². The zero-order valence-electron chi connectivity index (χ0n) is 12.8. The summed E-state index contributed by atoms with van der Waals surface area (Å²) in [6.07, 6.45) is 2.27. The lowest BCUT2D eigenvalue weighted by atomic mass is 9.88. The number of para-hydroxylation sites is 2. The highest BCUT2D eigenvalue weighted by Crippen LogP contribution is 2.27. The summed E-state index contributed by atoms with van der Waals surface area (Å²) in [6, 6.07) is 7.67. The summed E-state index contributed by atoms with van der Waals surface area (Å²) in [4.78, 5) is 2.32. The van der Waals surface area contributed by atoms with E-state index in [9.17, 15) is 5.11 Å². The predicted molar refractivity (Wildman–Crippen MR) is 82.8 cm³/mol. The van der Waals surface area contributed by atoms with Gasteiger partial charge in [0.15, 0.2) is 11.5 Å². The van der Waals surface area contributed by atoms with Crippen LogP contribution >= 0.6 is 0 Å². The highest BCUT2D eigenvalue weighted by atomic mass is 16.5. The van der Waals surface area contributed by atoms with E-state index in [0.717, 1.165) is 44.0 Å². The highest BCUT2D eigenvalue weighted by Gasteiger charge is 2.31. The minimum atomic E-state index is -0.561. The Morgan fingerprint density at radius 3 is 2.52 bits per heavy atom. The van der Waals surface area contributed by atoms with Crippen LogP contribution in [0.3, 0.4) is 0 Å². The Morgan fingerprint density at radius 2 is 1.90 bits per heavy atom. The van der Waals surface area contributed by atoms with Gasteiger partial charge in [-0.05, 0) is 37.9 Å². The second-order valence-electron chi connectivity index (χ2n) is 5.60. The average molecular weight is 294 g/mol. The molecule has 0 radical (unpaired) electrons. The maximum absolute atomic E-state index is 10.3. The summed E-state index contributed by atoms with van der Waals surface area (Å²) in [5.41, 5.74) is 4.98. The third kappa shape index (κ3) is 4.59. The predicted octanol–water partition coefficient (Wildman–Crippen LogP) is 1.25. The third-order valence-corrected chi connectivity index (χ3v) is 4.13. The molecule has 1 fully saturated rings. The molecule has 0 bridgehead atoms. The number of likely N-dealkylation sites (tertiary alicyclic amines) is 1. The summed E-state index contributed by atoms with van der Waals surface area (Å²) in [6.45, 7) is 3.82. The molecule has 1 aliphatic rings. The maximum atomic E-state index is 10.3. The molecule has 1 heterocycles. The van der Waals surface area contributed by atoms with E-state index in [-0.39, 0.29) is 0 Å². The van der Waals surface area contributed by atoms with Gasteiger partial charge in [0, 0.05) is 19.6 Å². The van der Waals surface area contributed by atoms with Gasteiger partial charge >= 0.3 is 0 Å². The molecule has 5 nitrogen and oxygen atoms in total. The van der Waals surface area contributed by atoms with Gasteiger partial charge in [-0.1, -0.05) is 12.1 Å². The van der Waals surface area contributed by atoms with Crippen molar-refractivity contribution in [3.63, 3.8) is 0 Å². The number of aliphatic hydroxyl groups is 1. The lowest BCUT2D eigenvalue weighted by Crippen LogP contribution is -2.46. The molecule has 0 amide bonds. The van der Waals surface area contributed by atoms with Gasteiger partial charge in [0.1, 0.15) is 6.61 Å². The van der Waals surface area contributed by atoms with E-state index in [4.69, 9.17) is 15.2 Å². The first kappa shape index (κ1) is 16.1. The molecule has 0 aromatic heterocycles. The Labute approximate surface area is 126 Å². The number of hydrogen-bond donors (Lipinski definition) is 2. The number of ether oxygens (including phenoxy) is 2. The van der Waals surface area contributed by atoms with E-state index in [2.05, 4.69) is 4.90 Å². The Kier molecular flexibility index (Phi) is 5.85. The molecule has 0 unspecified atom stereocenters. The van der Waals surface area contributed by atoms with Gasteiger partial charge in [0.25, 0.3) is 0 Å². The SMILES string of the molecule is COc1ccccc1OCCN1CCC(O)(CCN)CC1. The van der Waals surface area contributed by atoms with Crippen molar-refractivity contribution >= 4 is 0 Å². The third-order valence-electron chi connectivity index (χ3n) is 4.13. The Balaban J connectivity index is 1.73. The molecule has 0 spiro atoms. The van der Waals surface area contributed by atoms with E-state index >= 15 is 0 Å². The van der Waals surface area contributed by atoms with E-state index in [1.54, 1.807) is 7.11 Å².